The van der Waals surface area contributed by atoms with Crippen molar-refractivity contribution in [3.63, 3.8) is 0 Å². The first-order chi connectivity index (χ1) is 3.54. The quantitative estimate of drug-likeness (QED) is 0.486. The monoisotopic (exact) mass is 136 g/mol. The lowest BCUT2D eigenvalue weighted by molar-refractivity contribution is 0.360. The van der Waals surface area contributed by atoms with Gasteiger partial charge in [-0.15, -0.1) is 0 Å². The molecule has 1 aliphatic carbocycles. The van der Waals surface area contributed by atoms with Gasteiger partial charge in [0.15, 0.2) is 5.13 Å². The van der Waals surface area contributed by atoms with E-state index >= 15 is 0 Å². The van der Waals surface area contributed by atoms with Crippen LogP contribution in [0.2, 0.25) is 0 Å². The molecule has 1 fully saturated rings. The van der Waals surface area contributed by atoms with Crippen molar-refractivity contribution in [2.75, 3.05) is 0 Å². The van der Waals surface area contributed by atoms with Gasteiger partial charge in [-0.1, -0.05) is 25.4 Å². The largest absolute Gasteiger partial charge is 0.226 e. The van der Waals surface area contributed by atoms with Crippen LogP contribution >= 0.6 is 11.6 Å². The molecule has 0 aliphatic heterocycles. The molecule has 0 aromatic rings. The lowest BCUT2D eigenvalue weighted by Crippen LogP contribution is -1.98. The van der Waals surface area contributed by atoms with Crippen LogP contribution in [0.5, 0.6) is 0 Å². The third-order valence-electron chi connectivity index (χ3n) is 1.68. The van der Waals surface area contributed by atoms with Crippen LogP contribution in [0.15, 0.2) is 0 Å². The van der Waals surface area contributed by atoms with Crippen LogP contribution in [0, 0.1) is 11.8 Å². The highest BCUT2D eigenvalue weighted by molar-refractivity contribution is 6.25. The van der Waals surface area contributed by atoms with E-state index in [1.54, 1.807) is 0 Å². The molecule has 1 rings (SSSR count). The molecular weight excluding hydrogens is 127 g/mol. The first-order valence-corrected chi connectivity index (χ1v) is 3.29. The van der Waals surface area contributed by atoms with E-state index in [1.165, 1.54) is 0 Å². The van der Waals surface area contributed by atoms with Gasteiger partial charge in [0, 0.05) is 12.3 Å². The molecule has 0 bridgehead atoms. The fraction of sp³-hybridized carbons (Fsp3) is 1.00. The van der Waals surface area contributed by atoms with Gasteiger partial charge in [-0.25, -0.2) is 4.39 Å². The summed E-state index contributed by atoms with van der Waals surface area (Å²) in [5.74, 6) is 0.515. The van der Waals surface area contributed by atoms with Crippen molar-refractivity contribution in [2.24, 2.45) is 11.8 Å². The zero-order chi connectivity index (χ0) is 6.36. The Kier molecular flexibility index (Phi) is 1.27. The molecule has 0 spiro atoms. The van der Waals surface area contributed by atoms with Gasteiger partial charge in [0.1, 0.15) is 0 Å². The smallest absolute Gasteiger partial charge is 0.187 e. The molecule has 2 heteroatoms. The first-order valence-electron chi connectivity index (χ1n) is 2.92. The molecule has 0 aromatic carbocycles. The summed E-state index contributed by atoms with van der Waals surface area (Å²) in [5, 5.41) is -1.34. The van der Waals surface area contributed by atoms with Crippen molar-refractivity contribution in [3.05, 3.63) is 0 Å². The zero-order valence-electron chi connectivity index (χ0n) is 5.12. The Morgan fingerprint density at radius 1 is 1.75 bits per heavy atom. The summed E-state index contributed by atoms with van der Waals surface area (Å²) in [4.78, 5) is 0. The Bertz CT molecular complexity index is 98.7. The Balaban J connectivity index is 2.37. The van der Waals surface area contributed by atoms with Crippen molar-refractivity contribution in [2.45, 2.75) is 25.4 Å². The van der Waals surface area contributed by atoms with Gasteiger partial charge in [-0.3, -0.25) is 0 Å². The Labute approximate surface area is 54.0 Å². The second-order valence-electron chi connectivity index (χ2n) is 2.82. The molecule has 8 heavy (non-hydrogen) atoms. The average Bonchev–Trinajstić information content (AvgIpc) is 2.13. The predicted octanol–water partition coefficient (Wildman–Crippen LogP) is 2.57. The van der Waals surface area contributed by atoms with Gasteiger partial charge >= 0.3 is 0 Å². The number of hydrogen-bond donors (Lipinski definition) is 0. The standard InChI is InChI=1S/C6H10ClF/c1-4(2)5-3-6(5,7)8/h4-5H,3H2,1-2H3. The first kappa shape index (κ1) is 6.34. The summed E-state index contributed by atoms with van der Waals surface area (Å²) in [6.07, 6.45) is 0.548. The second-order valence-corrected chi connectivity index (χ2v) is 3.44. The summed E-state index contributed by atoms with van der Waals surface area (Å²) in [5.41, 5.74) is 0. The van der Waals surface area contributed by atoms with Crippen LogP contribution in [0.3, 0.4) is 0 Å². The number of halogens is 2. The molecule has 0 aromatic heterocycles. The van der Waals surface area contributed by atoms with Gasteiger partial charge < -0.3 is 0 Å². The van der Waals surface area contributed by atoms with Crippen LogP contribution in [0.25, 0.3) is 0 Å². The maximum absolute atomic E-state index is 12.5. The molecule has 2 unspecified atom stereocenters. The summed E-state index contributed by atoms with van der Waals surface area (Å²) in [6.45, 7) is 3.99. The minimum atomic E-state index is -1.34. The molecule has 0 radical (unpaired) electrons. The van der Waals surface area contributed by atoms with Crippen molar-refractivity contribution in [3.8, 4) is 0 Å². The molecule has 1 saturated carbocycles. The highest BCUT2D eigenvalue weighted by Crippen LogP contribution is 2.54. The minimum Gasteiger partial charge on any atom is -0.226 e. The molecule has 0 saturated heterocycles. The fourth-order valence-corrected chi connectivity index (χ4v) is 1.38. The highest BCUT2D eigenvalue weighted by Gasteiger charge is 2.55. The van der Waals surface area contributed by atoms with Crippen molar-refractivity contribution in [1.82, 2.24) is 0 Å². The van der Waals surface area contributed by atoms with Crippen LogP contribution in [0.4, 0.5) is 4.39 Å². The molecule has 48 valence electrons. The third-order valence-corrected chi connectivity index (χ3v) is 2.11. The lowest BCUT2D eigenvalue weighted by atomic mass is 10.1. The van der Waals surface area contributed by atoms with Gasteiger partial charge in [0.25, 0.3) is 0 Å². The maximum atomic E-state index is 12.5. The molecule has 0 N–H and O–H groups in total. The number of alkyl halides is 2. The van der Waals surface area contributed by atoms with E-state index in [0.717, 1.165) is 0 Å². The van der Waals surface area contributed by atoms with Crippen molar-refractivity contribution >= 4 is 11.6 Å². The summed E-state index contributed by atoms with van der Waals surface area (Å²) in [7, 11) is 0. The topological polar surface area (TPSA) is 0 Å². The van der Waals surface area contributed by atoms with E-state index in [9.17, 15) is 4.39 Å². The number of rotatable bonds is 1. The van der Waals surface area contributed by atoms with Crippen LogP contribution in [-0.4, -0.2) is 5.13 Å². The van der Waals surface area contributed by atoms with Crippen molar-refractivity contribution in [1.29, 1.82) is 0 Å². The van der Waals surface area contributed by atoms with Crippen molar-refractivity contribution < 1.29 is 4.39 Å². The summed E-state index contributed by atoms with van der Waals surface area (Å²) >= 11 is 5.34. The maximum Gasteiger partial charge on any atom is 0.187 e. The number of hydrogen-bond acceptors (Lipinski definition) is 0. The van der Waals surface area contributed by atoms with E-state index in [4.69, 9.17) is 11.6 Å². The second kappa shape index (κ2) is 1.60. The zero-order valence-corrected chi connectivity index (χ0v) is 5.87. The third kappa shape index (κ3) is 0.970. The van der Waals surface area contributed by atoms with Gasteiger partial charge in [-0.2, -0.15) is 0 Å². The van der Waals surface area contributed by atoms with Gasteiger partial charge in [-0.05, 0) is 5.92 Å². The van der Waals surface area contributed by atoms with E-state index in [1.807, 2.05) is 13.8 Å². The average molecular weight is 137 g/mol. The van der Waals surface area contributed by atoms with Gasteiger partial charge in [0.2, 0.25) is 0 Å². The molecule has 2 atom stereocenters. The molecule has 0 heterocycles. The van der Waals surface area contributed by atoms with E-state index < -0.39 is 5.13 Å². The Morgan fingerprint density at radius 3 is 2.12 bits per heavy atom. The summed E-state index contributed by atoms with van der Waals surface area (Å²) in [6, 6.07) is 0. The normalized spacial score (nSPS) is 45.4. The highest BCUT2D eigenvalue weighted by atomic mass is 35.5. The van der Waals surface area contributed by atoms with E-state index in [-0.39, 0.29) is 5.92 Å². The van der Waals surface area contributed by atoms with Crippen LogP contribution in [0.1, 0.15) is 20.3 Å². The van der Waals surface area contributed by atoms with Crippen LogP contribution in [-0.2, 0) is 0 Å². The Morgan fingerprint density at radius 2 is 2.12 bits per heavy atom. The van der Waals surface area contributed by atoms with E-state index in [0.29, 0.717) is 12.3 Å². The Hall–Kier alpha value is 0.220. The molecular formula is C6H10ClF. The summed E-state index contributed by atoms with van der Waals surface area (Å²) < 4.78 is 12.5. The van der Waals surface area contributed by atoms with E-state index in [2.05, 4.69) is 0 Å². The predicted molar refractivity (Wildman–Crippen MR) is 32.6 cm³/mol. The molecule has 1 aliphatic rings. The lowest BCUT2D eigenvalue weighted by Gasteiger charge is -1.99. The fourth-order valence-electron chi connectivity index (χ4n) is 0.958. The minimum absolute atomic E-state index is 0.115. The molecule has 0 amide bonds. The van der Waals surface area contributed by atoms with Gasteiger partial charge in [0.05, 0.1) is 0 Å². The molecule has 0 nitrogen and oxygen atoms in total. The SMILES string of the molecule is CC(C)C1CC1(F)Cl. The van der Waals surface area contributed by atoms with Crippen LogP contribution < -0.4 is 0 Å².